The average Bonchev–Trinajstić information content (AvgIpc) is 2.96. The summed E-state index contributed by atoms with van der Waals surface area (Å²) in [5.74, 6) is 0.164. The van der Waals surface area contributed by atoms with Crippen LogP contribution in [-0.2, 0) is 27.4 Å². The smallest absolute Gasteiger partial charge is 0.228 e. The van der Waals surface area contributed by atoms with Gasteiger partial charge in [0.05, 0.1) is 12.5 Å². The first-order valence-electron chi connectivity index (χ1n) is 8.08. The molecule has 6 nitrogen and oxygen atoms in total. The lowest BCUT2D eigenvalue weighted by atomic mass is 9.96. The fraction of sp³-hybridized carbons (Fsp3) is 0.588. The standard InChI is InChI=1S/C17H23N3O3/c1-12-7-14-10-20(11-15(14)8-18-12)17(22)13-3-4-16(21)19(9-13)5-6-23-2/h7-8,13H,3-6,9-11H2,1-2H3. The van der Waals surface area contributed by atoms with Crippen LogP contribution in [0.1, 0.15) is 29.7 Å². The van der Waals surface area contributed by atoms with Crippen molar-refractivity contribution >= 4 is 11.8 Å². The Balaban J connectivity index is 1.64. The van der Waals surface area contributed by atoms with Crippen molar-refractivity contribution in [3.05, 3.63) is 29.1 Å². The lowest BCUT2D eigenvalue weighted by molar-refractivity contribution is -0.143. The van der Waals surface area contributed by atoms with Crippen LogP contribution >= 0.6 is 0 Å². The number of piperidine rings is 1. The molecule has 0 saturated carbocycles. The van der Waals surface area contributed by atoms with Gasteiger partial charge in [0.1, 0.15) is 0 Å². The number of rotatable bonds is 4. The molecule has 2 amide bonds. The number of carbonyl (C=O) groups is 2. The van der Waals surface area contributed by atoms with E-state index in [2.05, 4.69) is 11.1 Å². The minimum Gasteiger partial charge on any atom is -0.383 e. The average molecular weight is 317 g/mol. The van der Waals surface area contributed by atoms with E-state index in [1.807, 2.05) is 18.0 Å². The van der Waals surface area contributed by atoms with Crippen LogP contribution in [0.3, 0.4) is 0 Å². The first-order valence-corrected chi connectivity index (χ1v) is 8.08. The summed E-state index contributed by atoms with van der Waals surface area (Å²) in [4.78, 5) is 32.7. The number of nitrogens with zero attached hydrogens (tertiary/aromatic N) is 3. The van der Waals surface area contributed by atoms with Gasteiger partial charge in [0, 0.05) is 51.6 Å². The third-order valence-electron chi connectivity index (χ3n) is 4.67. The van der Waals surface area contributed by atoms with E-state index in [1.165, 1.54) is 5.56 Å². The van der Waals surface area contributed by atoms with Gasteiger partial charge in [0.2, 0.25) is 11.8 Å². The van der Waals surface area contributed by atoms with Gasteiger partial charge in [-0.2, -0.15) is 0 Å². The van der Waals surface area contributed by atoms with Gasteiger partial charge in [-0.25, -0.2) is 0 Å². The lowest BCUT2D eigenvalue weighted by Crippen LogP contribution is -2.46. The highest BCUT2D eigenvalue weighted by molar-refractivity contribution is 5.84. The van der Waals surface area contributed by atoms with Crippen LogP contribution in [0.4, 0.5) is 0 Å². The number of ether oxygens (including phenoxy) is 1. The molecule has 0 aliphatic carbocycles. The molecule has 124 valence electrons. The molecule has 2 aliphatic rings. The second kappa shape index (κ2) is 6.66. The molecule has 0 N–H and O–H groups in total. The molecule has 2 aliphatic heterocycles. The summed E-state index contributed by atoms with van der Waals surface area (Å²) in [6.45, 7) is 4.82. The van der Waals surface area contributed by atoms with E-state index in [4.69, 9.17) is 4.74 Å². The number of fused-ring (bicyclic) bond motifs is 1. The van der Waals surface area contributed by atoms with E-state index in [0.29, 0.717) is 45.6 Å². The van der Waals surface area contributed by atoms with Crippen molar-refractivity contribution in [1.29, 1.82) is 0 Å². The summed E-state index contributed by atoms with van der Waals surface area (Å²) < 4.78 is 5.05. The van der Waals surface area contributed by atoms with Crippen LogP contribution in [0.25, 0.3) is 0 Å². The zero-order chi connectivity index (χ0) is 16.4. The number of hydrogen-bond acceptors (Lipinski definition) is 4. The van der Waals surface area contributed by atoms with Crippen molar-refractivity contribution in [2.75, 3.05) is 26.8 Å². The molecular formula is C17H23N3O3. The van der Waals surface area contributed by atoms with Crippen molar-refractivity contribution in [2.24, 2.45) is 5.92 Å². The van der Waals surface area contributed by atoms with Crippen molar-refractivity contribution < 1.29 is 14.3 Å². The molecule has 1 unspecified atom stereocenters. The van der Waals surface area contributed by atoms with Crippen LogP contribution in [-0.4, -0.2) is 53.4 Å². The molecule has 3 heterocycles. The SMILES string of the molecule is COCCN1CC(C(=O)N2Cc3cnc(C)cc3C2)CCC1=O. The summed E-state index contributed by atoms with van der Waals surface area (Å²) in [6, 6.07) is 2.05. The van der Waals surface area contributed by atoms with E-state index in [0.717, 1.165) is 11.3 Å². The van der Waals surface area contributed by atoms with Gasteiger partial charge in [0.25, 0.3) is 0 Å². The van der Waals surface area contributed by atoms with Crippen molar-refractivity contribution in [3.63, 3.8) is 0 Å². The molecule has 1 saturated heterocycles. The highest BCUT2D eigenvalue weighted by atomic mass is 16.5. The number of hydrogen-bond donors (Lipinski definition) is 0. The van der Waals surface area contributed by atoms with E-state index in [1.54, 1.807) is 12.0 Å². The second-order valence-electron chi connectivity index (χ2n) is 6.36. The van der Waals surface area contributed by atoms with Crippen LogP contribution in [0.2, 0.25) is 0 Å². The molecular weight excluding hydrogens is 294 g/mol. The van der Waals surface area contributed by atoms with Crippen LogP contribution in [0.5, 0.6) is 0 Å². The number of aromatic nitrogens is 1. The van der Waals surface area contributed by atoms with Gasteiger partial charge in [-0.15, -0.1) is 0 Å². The normalized spacial score (nSPS) is 20.8. The first-order chi connectivity index (χ1) is 11.1. The molecule has 1 aromatic heterocycles. The number of methoxy groups -OCH3 is 1. The Bertz CT molecular complexity index is 617. The molecule has 0 bridgehead atoms. The maximum atomic E-state index is 12.8. The van der Waals surface area contributed by atoms with Crippen molar-refractivity contribution in [2.45, 2.75) is 32.9 Å². The van der Waals surface area contributed by atoms with Crippen LogP contribution in [0, 0.1) is 12.8 Å². The van der Waals surface area contributed by atoms with Crippen LogP contribution in [0.15, 0.2) is 12.3 Å². The predicted octanol–water partition coefficient (Wildman–Crippen LogP) is 1.12. The molecule has 0 spiro atoms. The summed E-state index contributed by atoms with van der Waals surface area (Å²) in [5.41, 5.74) is 3.30. The number of pyridine rings is 1. The fourth-order valence-corrected chi connectivity index (χ4v) is 3.35. The summed E-state index contributed by atoms with van der Waals surface area (Å²) in [6.07, 6.45) is 2.96. The maximum Gasteiger partial charge on any atom is 0.228 e. The Kier molecular flexibility index (Phi) is 4.61. The minimum atomic E-state index is -0.104. The zero-order valence-corrected chi connectivity index (χ0v) is 13.7. The predicted molar refractivity (Wildman–Crippen MR) is 84.4 cm³/mol. The molecule has 1 aromatic rings. The molecule has 1 fully saturated rings. The van der Waals surface area contributed by atoms with Crippen LogP contribution < -0.4 is 0 Å². The topological polar surface area (TPSA) is 62.7 Å². The number of carbonyl (C=O) groups excluding carboxylic acids is 2. The first kappa shape index (κ1) is 15.9. The molecule has 23 heavy (non-hydrogen) atoms. The van der Waals surface area contributed by atoms with E-state index in [-0.39, 0.29) is 17.7 Å². The highest BCUT2D eigenvalue weighted by Crippen LogP contribution is 2.27. The molecule has 6 heteroatoms. The minimum absolute atomic E-state index is 0.104. The third-order valence-corrected chi connectivity index (χ3v) is 4.67. The lowest BCUT2D eigenvalue weighted by Gasteiger charge is -2.33. The Hall–Kier alpha value is -1.95. The van der Waals surface area contributed by atoms with E-state index in [9.17, 15) is 9.59 Å². The third kappa shape index (κ3) is 3.37. The number of aryl methyl sites for hydroxylation is 1. The fourth-order valence-electron chi connectivity index (χ4n) is 3.35. The van der Waals surface area contributed by atoms with Gasteiger partial charge < -0.3 is 14.5 Å². The van der Waals surface area contributed by atoms with Gasteiger partial charge in [-0.1, -0.05) is 0 Å². The molecule has 0 radical (unpaired) electrons. The maximum absolute atomic E-state index is 12.8. The zero-order valence-electron chi connectivity index (χ0n) is 13.7. The number of likely N-dealkylation sites (tertiary alicyclic amines) is 1. The second-order valence-corrected chi connectivity index (χ2v) is 6.36. The van der Waals surface area contributed by atoms with Gasteiger partial charge >= 0.3 is 0 Å². The Morgan fingerprint density at radius 2 is 2.17 bits per heavy atom. The van der Waals surface area contributed by atoms with Gasteiger partial charge in [0.15, 0.2) is 0 Å². The van der Waals surface area contributed by atoms with Gasteiger partial charge in [-0.05, 0) is 30.5 Å². The highest BCUT2D eigenvalue weighted by Gasteiger charge is 2.34. The van der Waals surface area contributed by atoms with Crippen molar-refractivity contribution in [1.82, 2.24) is 14.8 Å². The Morgan fingerprint density at radius 3 is 2.96 bits per heavy atom. The Labute approximate surface area is 136 Å². The summed E-state index contributed by atoms with van der Waals surface area (Å²) in [5, 5.41) is 0. The summed E-state index contributed by atoms with van der Waals surface area (Å²) in [7, 11) is 1.62. The Morgan fingerprint density at radius 1 is 1.39 bits per heavy atom. The summed E-state index contributed by atoms with van der Waals surface area (Å²) >= 11 is 0. The quantitative estimate of drug-likeness (QED) is 0.835. The molecule has 3 rings (SSSR count). The van der Waals surface area contributed by atoms with Gasteiger partial charge in [-0.3, -0.25) is 14.6 Å². The van der Waals surface area contributed by atoms with Crippen molar-refractivity contribution in [3.8, 4) is 0 Å². The molecule has 1 atom stereocenters. The van der Waals surface area contributed by atoms with E-state index < -0.39 is 0 Å². The molecule has 0 aromatic carbocycles. The largest absolute Gasteiger partial charge is 0.383 e. The monoisotopic (exact) mass is 317 g/mol. The van der Waals surface area contributed by atoms with E-state index >= 15 is 0 Å². The number of amides is 2.